The van der Waals surface area contributed by atoms with Crippen LogP contribution < -0.4 is 0 Å². The maximum absolute atomic E-state index is 12.8. The van der Waals surface area contributed by atoms with Gasteiger partial charge in [0.15, 0.2) is 0 Å². The zero-order valence-electron chi connectivity index (χ0n) is 22.7. The Morgan fingerprint density at radius 1 is 0.829 bits per heavy atom. The Labute approximate surface area is 211 Å². The molecule has 5 aliphatic rings. The van der Waals surface area contributed by atoms with Crippen LogP contribution in [0.3, 0.4) is 0 Å². The van der Waals surface area contributed by atoms with Crippen LogP contribution in [0.2, 0.25) is 0 Å². The van der Waals surface area contributed by atoms with Gasteiger partial charge in [0.25, 0.3) is 0 Å². The van der Waals surface area contributed by atoms with Crippen molar-refractivity contribution < 1.29 is 25.2 Å². The first kappa shape index (κ1) is 25.7. The van der Waals surface area contributed by atoms with Crippen molar-refractivity contribution in [1.29, 1.82) is 0 Å². The summed E-state index contributed by atoms with van der Waals surface area (Å²) in [7, 11) is 0. The second kappa shape index (κ2) is 7.57. The molecule has 5 fully saturated rings. The third-order valence-electron chi connectivity index (χ3n) is 13.6. The topological polar surface area (TPSA) is 98.0 Å². The van der Waals surface area contributed by atoms with Crippen LogP contribution in [0.15, 0.2) is 12.2 Å². The zero-order valence-corrected chi connectivity index (χ0v) is 22.7. The normalized spacial score (nSPS) is 56.8. The second-order valence-electron chi connectivity index (χ2n) is 14.7. The molecule has 5 rings (SSSR count). The highest BCUT2D eigenvalue weighted by atomic mass is 16.4. The molecule has 0 aliphatic heterocycles. The van der Waals surface area contributed by atoms with Crippen molar-refractivity contribution in [2.75, 3.05) is 0 Å². The fraction of sp³-hybridized carbons (Fsp3) is 0.900. The minimum Gasteiger partial charge on any atom is -0.481 e. The molecule has 0 spiro atoms. The first-order chi connectivity index (χ1) is 16.1. The zero-order chi connectivity index (χ0) is 25.9. The van der Waals surface area contributed by atoms with Gasteiger partial charge in [-0.25, -0.2) is 0 Å². The predicted octanol–water partition coefficient (Wildman–Crippen LogP) is 5.03. The highest BCUT2D eigenvalue weighted by Gasteiger charge is 2.76. The van der Waals surface area contributed by atoms with Gasteiger partial charge in [0.1, 0.15) is 0 Å². The Bertz CT molecular complexity index is 928. The molecule has 0 heterocycles. The van der Waals surface area contributed by atoms with E-state index < -0.39 is 34.4 Å². The van der Waals surface area contributed by atoms with Crippen LogP contribution in [0.4, 0.5) is 0 Å². The summed E-state index contributed by atoms with van der Waals surface area (Å²) >= 11 is 0. The van der Waals surface area contributed by atoms with E-state index in [-0.39, 0.29) is 52.9 Å². The van der Waals surface area contributed by atoms with Crippen molar-refractivity contribution in [3.63, 3.8) is 0 Å². The van der Waals surface area contributed by atoms with Gasteiger partial charge in [-0.1, -0.05) is 46.8 Å². The third kappa shape index (κ3) is 2.84. The summed E-state index contributed by atoms with van der Waals surface area (Å²) in [5, 5.41) is 45.4. The molecule has 12 atom stereocenters. The number of hydrogen-bond donors (Lipinski definition) is 4. The molecule has 0 bridgehead atoms. The van der Waals surface area contributed by atoms with Crippen LogP contribution in [0.25, 0.3) is 0 Å². The number of rotatable bonds is 2. The van der Waals surface area contributed by atoms with Gasteiger partial charge >= 0.3 is 5.97 Å². The maximum Gasteiger partial charge on any atom is 0.310 e. The molecule has 5 heteroatoms. The van der Waals surface area contributed by atoms with E-state index in [9.17, 15) is 25.2 Å². The first-order valence-corrected chi connectivity index (χ1v) is 14.0. The molecule has 5 aliphatic carbocycles. The number of aliphatic carboxylic acids is 1. The molecule has 0 aromatic heterocycles. The molecule has 0 amide bonds. The molecule has 5 saturated carbocycles. The highest BCUT2D eigenvalue weighted by molar-refractivity contribution is 5.76. The standard InChI is InChI=1S/C30H48O5/c1-16(2)17-10-13-30(25(34)35)15-23(33)28(6)18(24(17)30)8-9-19-27(5)12-11-21(31)26(3,4)20(27)14-22(32)29(19,28)7/h17-24,31-33H,1,8-15H2,2-7H3,(H,34,35)/t17-,18+,19+,20-,21-,22-,23-,24+,27+,28-,29-,30-/m0/s1. The summed E-state index contributed by atoms with van der Waals surface area (Å²) in [5.41, 5.74) is -1.25. The monoisotopic (exact) mass is 488 g/mol. The van der Waals surface area contributed by atoms with Crippen LogP contribution in [-0.4, -0.2) is 44.7 Å². The summed E-state index contributed by atoms with van der Waals surface area (Å²) in [6.07, 6.45) is 4.11. The van der Waals surface area contributed by atoms with Gasteiger partial charge < -0.3 is 20.4 Å². The summed E-state index contributed by atoms with van der Waals surface area (Å²) in [6.45, 7) is 17.4. The highest BCUT2D eigenvalue weighted by Crippen LogP contribution is 2.77. The molecule has 0 radical (unpaired) electrons. The molecule has 198 valence electrons. The van der Waals surface area contributed by atoms with Gasteiger partial charge in [-0.05, 0) is 98.7 Å². The molecule has 5 nitrogen and oxygen atoms in total. The number of carboxylic acid groups (broad SMARTS) is 1. The van der Waals surface area contributed by atoms with Gasteiger partial charge in [0, 0.05) is 10.8 Å². The van der Waals surface area contributed by atoms with E-state index in [0.717, 1.165) is 37.7 Å². The van der Waals surface area contributed by atoms with Crippen molar-refractivity contribution in [2.45, 2.75) is 111 Å². The summed E-state index contributed by atoms with van der Waals surface area (Å²) < 4.78 is 0. The minimum atomic E-state index is -0.903. The number of allylic oxidation sites excluding steroid dienone is 1. The lowest BCUT2D eigenvalue weighted by Crippen LogP contribution is -2.74. The fourth-order valence-corrected chi connectivity index (χ4v) is 11.5. The molecule has 0 saturated heterocycles. The van der Waals surface area contributed by atoms with Gasteiger partial charge in [0.2, 0.25) is 0 Å². The third-order valence-corrected chi connectivity index (χ3v) is 13.6. The average molecular weight is 489 g/mol. The Kier molecular flexibility index (Phi) is 5.56. The molecule has 4 N–H and O–H groups in total. The molecule has 0 unspecified atom stereocenters. The fourth-order valence-electron chi connectivity index (χ4n) is 11.5. The summed E-state index contributed by atoms with van der Waals surface area (Å²) in [6, 6.07) is 0. The Morgan fingerprint density at radius 2 is 1.49 bits per heavy atom. The maximum atomic E-state index is 12.8. The van der Waals surface area contributed by atoms with Crippen molar-refractivity contribution in [1.82, 2.24) is 0 Å². The summed E-state index contributed by atoms with van der Waals surface area (Å²) in [5.74, 6) is -0.209. The van der Waals surface area contributed by atoms with Gasteiger partial charge in [0.05, 0.1) is 23.7 Å². The number of carbonyl (C=O) groups is 1. The minimum absolute atomic E-state index is 0.0322. The van der Waals surface area contributed by atoms with E-state index in [0.29, 0.717) is 12.8 Å². The number of aliphatic hydroxyl groups is 3. The Morgan fingerprint density at radius 3 is 2.09 bits per heavy atom. The van der Waals surface area contributed by atoms with Crippen molar-refractivity contribution in [3.05, 3.63) is 12.2 Å². The number of hydrogen-bond acceptors (Lipinski definition) is 4. The van der Waals surface area contributed by atoms with E-state index in [1.165, 1.54) is 0 Å². The Hall–Kier alpha value is -0.910. The predicted molar refractivity (Wildman–Crippen MR) is 135 cm³/mol. The van der Waals surface area contributed by atoms with Crippen LogP contribution >= 0.6 is 0 Å². The molecule has 0 aromatic carbocycles. The van der Waals surface area contributed by atoms with Crippen LogP contribution in [0.5, 0.6) is 0 Å². The van der Waals surface area contributed by atoms with Crippen molar-refractivity contribution >= 4 is 5.97 Å². The average Bonchev–Trinajstić information content (AvgIpc) is 3.16. The number of aliphatic hydroxyl groups excluding tert-OH is 3. The number of fused-ring (bicyclic) bond motifs is 7. The molecule has 35 heavy (non-hydrogen) atoms. The Balaban J connectivity index is 1.64. The van der Waals surface area contributed by atoms with Gasteiger partial charge in [-0.15, -0.1) is 0 Å². The quantitative estimate of drug-likeness (QED) is 0.409. The van der Waals surface area contributed by atoms with Gasteiger partial charge in [-0.2, -0.15) is 0 Å². The first-order valence-electron chi connectivity index (χ1n) is 14.0. The summed E-state index contributed by atoms with van der Waals surface area (Å²) in [4.78, 5) is 12.8. The molecule has 0 aromatic rings. The van der Waals surface area contributed by atoms with E-state index in [1.807, 2.05) is 6.92 Å². The van der Waals surface area contributed by atoms with Crippen LogP contribution in [0.1, 0.15) is 92.9 Å². The van der Waals surface area contributed by atoms with E-state index >= 15 is 0 Å². The lowest BCUT2D eigenvalue weighted by Gasteiger charge is -2.74. The van der Waals surface area contributed by atoms with Crippen molar-refractivity contribution in [2.24, 2.45) is 56.7 Å². The molecular weight excluding hydrogens is 440 g/mol. The second-order valence-corrected chi connectivity index (χ2v) is 14.7. The van der Waals surface area contributed by atoms with Crippen LogP contribution in [0, 0.1) is 56.7 Å². The van der Waals surface area contributed by atoms with E-state index in [2.05, 4.69) is 41.2 Å². The lowest BCUT2D eigenvalue weighted by molar-refractivity contribution is -0.306. The van der Waals surface area contributed by atoms with E-state index in [4.69, 9.17) is 0 Å². The lowest BCUT2D eigenvalue weighted by atomic mass is 9.31. The molecular formula is C30H48O5. The van der Waals surface area contributed by atoms with Gasteiger partial charge in [-0.3, -0.25) is 4.79 Å². The van der Waals surface area contributed by atoms with Crippen LogP contribution in [-0.2, 0) is 4.79 Å². The SMILES string of the molecule is C=C(C)[C@@H]1CC[C@]2(C(=O)O)C[C@H](O)[C@]3(C)[C@H](CC[C@@H]4[C@@]5(C)CC[C@H](O)C(C)(C)[C@@H]5C[C@H](O)[C@]43C)[C@@H]12. The van der Waals surface area contributed by atoms with Crippen molar-refractivity contribution in [3.8, 4) is 0 Å². The van der Waals surface area contributed by atoms with E-state index in [1.54, 1.807) is 0 Å². The smallest absolute Gasteiger partial charge is 0.310 e. The largest absolute Gasteiger partial charge is 0.481 e. The number of carboxylic acids is 1.